The van der Waals surface area contributed by atoms with E-state index in [0.717, 1.165) is 48.4 Å². The number of hydrogen-bond acceptors (Lipinski definition) is 4. The number of rotatable bonds is 8. The predicted molar refractivity (Wildman–Crippen MR) is 120 cm³/mol. The molecule has 1 aliphatic carbocycles. The normalized spacial score (nSPS) is 20.7. The van der Waals surface area contributed by atoms with Gasteiger partial charge in [0.15, 0.2) is 9.84 Å². The molecule has 1 aromatic heterocycles. The van der Waals surface area contributed by atoms with E-state index in [0.29, 0.717) is 11.7 Å². The Labute approximate surface area is 176 Å². The summed E-state index contributed by atoms with van der Waals surface area (Å²) in [6.07, 6.45) is 9.71. The van der Waals surface area contributed by atoms with Crippen LogP contribution in [0.25, 0.3) is 10.9 Å². The first kappa shape index (κ1) is 22.1. The molecule has 0 unspecified atom stereocenters. The summed E-state index contributed by atoms with van der Waals surface area (Å²) in [7, 11) is -3.00. The van der Waals surface area contributed by atoms with Crippen molar-refractivity contribution in [2.45, 2.75) is 70.5 Å². The molecule has 1 aromatic carbocycles. The van der Waals surface area contributed by atoms with Crippen molar-refractivity contribution in [3.63, 3.8) is 0 Å². The van der Waals surface area contributed by atoms with Crippen LogP contribution in [0.4, 0.5) is 0 Å². The Balaban J connectivity index is 1.32. The van der Waals surface area contributed by atoms with Crippen molar-refractivity contribution in [2.24, 2.45) is 11.8 Å². The van der Waals surface area contributed by atoms with Crippen LogP contribution in [0.5, 0.6) is 5.75 Å². The van der Waals surface area contributed by atoms with Gasteiger partial charge in [0.2, 0.25) is 0 Å². The zero-order valence-electron chi connectivity index (χ0n) is 18.1. The number of ether oxygens (including phenoxy) is 1. The summed E-state index contributed by atoms with van der Waals surface area (Å²) in [5.41, 5.74) is 0.991. The van der Waals surface area contributed by atoms with Crippen LogP contribution in [0, 0.1) is 11.8 Å². The number of benzene rings is 1. The minimum absolute atomic E-state index is 0.348. The number of hydrogen-bond donors (Lipinski definition) is 0. The van der Waals surface area contributed by atoms with Crippen molar-refractivity contribution in [3.05, 3.63) is 36.5 Å². The lowest BCUT2D eigenvalue weighted by Gasteiger charge is -2.30. The molecule has 0 N–H and O–H groups in total. The van der Waals surface area contributed by atoms with Crippen LogP contribution in [0.1, 0.15) is 65.7 Å². The third kappa shape index (κ3) is 6.18. The Morgan fingerprint density at radius 1 is 1.03 bits per heavy atom. The molecule has 1 aliphatic rings. The summed E-state index contributed by atoms with van der Waals surface area (Å²) >= 11 is 0. The Morgan fingerprint density at radius 3 is 2.48 bits per heavy atom. The van der Waals surface area contributed by atoms with E-state index < -0.39 is 14.6 Å². The van der Waals surface area contributed by atoms with Gasteiger partial charge < -0.3 is 4.74 Å². The van der Waals surface area contributed by atoms with Gasteiger partial charge in [-0.25, -0.2) is 8.42 Å². The molecule has 1 fully saturated rings. The molecule has 0 saturated heterocycles. The van der Waals surface area contributed by atoms with Crippen molar-refractivity contribution in [1.82, 2.24) is 4.98 Å². The average Bonchev–Trinajstić information content (AvgIpc) is 2.68. The standard InChI is InChI=1S/C24H35NO3S/c1-24(2,3)29(26,27)18-20-11-9-19(10-12-20)7-4-5-16-28-22-13-14-23-21(17-22)8-6-15-25-23/h6,8,13-15,17,19-20H,4-5,7,9-12,16,18H2,1-3H3. The van der Waals surface area contributed by atoms with Gasteiger partial charge in [-0.2, -0.15) is 0 Å². The minimum Gasteiger partial charge on any atom is -0.494 e. The first-order valence-corrected chi connectivity index (χ1v) is 12.6. The number of unbranched alkanes of at least 4 members (excludes halogenated alkanes) is 1. The smallest absolute Gasteiger partial charge is 0.155 e. The van der Waals surface area contributed by atoms with Crippen LogP contribution in [-0.4, -0.2) is 30.5 Å². The van der Waals surface area contributed by atoms with E-state index in [-0.39, 0.29) is 0 Å². The number of aromatic nitrogens is 1. The van der Waals surface area contributed by atoms with E-state index >= 15 is 0 Å². The van der Waals surface area contributed by atoms with Crippen LogP contribution >= 0.6 is 0 Å². The number of sulfone groups is 1. The highest BCUT2D eigenvalue weighted by atomic mass is 32.2. The van der Waals surface area contributed by atoms with Gasteiger partial charge in [0.25, 0.3) is 0 Å². The maximum absolute atomic E-state index is 12.4. The SMILES string of the molecule is CC(C)(C)S(=O)(=O)CC1CCC(CCCCOc2ccc3ncccc3c2)CC1. The van der Waals surface area contributed by atoms with E-state index in [9.17, 15) is 8.42 Å². The monoisotopic (exact) mass is 417 g/mol. The fraction of sp³-hybridized carbons (Fsp3) is 0.625. The van der Waals surface area contributed by atoms with Crippen LogP contribution in [-0.2, 0) is 9.84 Å². The average molecular weight is 418 g/mol. The van der Waals surface area contributed by atoms with Gasteiger partial charge in [-0.05, 0) is 82.6 Å². The molecule has 5 heteroatoms. The Morgan fingerprint density at radius 2 is 1.76 bits per heavy atom. The first-order chi connectivity index (χ1) is 13.7. The van der Waals surface area contributed by atoms with Crippen LogP contribution in [0.2, 0.25) is 0 Å². The minimum atomic E-state index is -3.00. The highest BCUT2D eigenvalue weighted by Crippen LogP contribution is 2.34. The predicted octanol–water partition coefficient (Wildman–Crippen LogP) is 5.80. The van der Waals surface area contributed by atoms with Crippen molar-refractivity contribution in [2.75, 3.05) is 12.4 Å². The highest BCUT2D eigenvalue weighted by Gasteiger charge is 2.33. The molecule has 0 bridgehead atoms. The molecule has 1 heterocycles. The third-order valence-electron chi connectivity index (χ3n) is 6.20. The summed E-state index contributed by atoms with van der Waals surface area (Å²) in [6, 6.07) is 10.0. The van der Waals surface area contributed by atoms with E-state index in [4.69, 9.17) is 4.74 Å². The molecule has 0 radical (unpaired) electrons. The molecule has 3 rings (SSSR count). The molecular formula is C24H35NO3S. The quantitative estimate of drug-likeness (QED) is 0.509. The second kappa shape index (κ2) is 9.46. The Kier molecular flexibility index (Phi) is 7.20. The molecule has 4 nitrogen and oxygen atoms in total. The van der Waals surface area contributed by atoms with Gasteiger partial charge >= 0.3 is 0 Å². The number of nitrogens with zero attached hydrogens (tertiary/aromatic N) is 1. The second-order valence-electron chi connectivity index (χ2n) is 9.48. The second-order valence-corrected chi connectivity index (χ2v) is 12.3. The molecule has 0 aliphatic heterocycles. The molecule has 0 atom stereocenters. The zero-order valence-corrected chi connectivity index (χ0v) is 18.9. The van der Waals surface area contributed by atoms with Gasteiger partial charge in [0, 0.05) is 11.6 Å². The third-order valence-corrected chi connectivity index (χ3v) is 8.98. The molecule has 160 valence electrons. The topological polar surface area (TPSA) is 56.3 Å². The molecular weight excluding hydrogens is 382 g/mol. The van der Waals surface area contributed by atoms with E-state index in [2.05, 4.69) is 17.1 Å². The highest BCUT2D eigenvalue weighted by molar-refractivity contribution is 7.92. The van der Waals surface area contributed by atoms with E-state index in [1.165, 1.54) is 25.7 Å². The maximum atomic E-state index is 12.4. The van der Waals surface area contributed by atoms with Crippen molar-refractivity contribution >= 4 is 20.7 Å². The van der Waals surface area contributed by atoms with E-state index in [1.54, 1.807) is 6.20 Å². The van der Waals surface area contributed by atoms with Gasteiger partial charge in [0.1, 0.15) is 5.75 Å². The summed E-state index contributed by atoms with van der Waals surface area (Å²) in [5, 5.41) is 1.11. The summed E-state index contributed by atoms with van der Waals surface area (Å²) in [5.74, 6) is 2.36. The first-order valence-electron chi connectivity index (χ1n) is 10.9. The van der Waals surface area contributed by atoms with Gasteiger partial charge in [-0.3, -0.25) is 4.98 Å². The summed E-state index contributed by atoms with van der Waals surface area (Å²) < 4.78 is 30.1. The number of fused-ring (bicyclic) bond motifs is 1. The van der Waals surface area contributed by atoms with Crippen molar-refractivity contribution in [3.8, 4) is 5.75 Å². The Hall–Kier alpha value is -1.62. The molecule has 0 amide bonds. The van der Waals surface area contributed by atoms with Crippen molar-refractivity contribution in [1.29, 1.82) is 0 Å². The van der Waals surface area contributed by atoms with Gasteiger partial charge in [-0.15, -0.1) is 0 Å². The summed E-state index contributed by atoms with van der Waals surface area (Å²) in [4.78, 5) is 4.33. The maximum Gasteiger partial charge on any atom is 0.155 e. The van der Waals surface area contributed by atoms with E-state index in [1.807, 2.05) is 39.0 Å². The molecule has 29 heavy (non-hydrogen) atoms. The zero-order chi connectivity index (χ0) is 20.9. The molecule has 1 saturated carbocycles. The van der Waals surface area contributed by atoms with Crippen LogP contribution in [0.15, 0.2) is 36.5 Å². The Bertz CT molecular complexity index is 894. The molecule has 0 spiro atoms. The number of pyridine rings is 1. The van der Waals surface area contributed by atoms with Gasteiger partial charge in [0.05, 0.1) is 22.6 Å². The van der Waals surface area contributed by atoms with Gasteiger partial charge in [-0.1, -0.05) is 25.3 Å². The lowest BCUT2D eigenvalue weighted by molar-refractivity contribution is 0.258. The van der Waals surface area contributed by atoms with Crippen molar-refractivity contribution < 1.29 is 13.2 Å². The fourth-order valence-corrected chi connectivity index (χ4v) is 5.57. The largest absolute Gasteiger partial charge is 0.494 e. The van der Waals surface area contributed by atoms with Crippen LogP contribution < -0.4 is 4.74 Å². The lowest BCUT2D eigenvalue weighted by Crippen LogP contribution is -2.34. The molecule has 2 aromatic rings. The summed E-state index contributed by atoms with van der Waals surface area (Å²) in [6.45, 7) is 6.17. The fourth-order valence-electron chi connectivity index (χ4n) is 4.12. The van der Waals surface area contributed by atoms with Crippen LogP contribution in [0.3, 0.4) is 0 Å². The lowest BCUT2D eigenvalue weighted by atomic mass is 9.80.